The van der Waals surface area contributed by atoms with E-state index in [0.29, 0.717) is 13.0 Å². The van der Waals surface area contributed by atoms with Gasteiger partial charge in [-0.25, -0.2) is 8.42 Å². The number of nitrogens with zero attached hydrogens (tertiary/aromatic N) is 1. The van der Waals surface area contributed by atoms with Gasteiger partial charge in [-0.15, -0.1) is 0 Å². The summed E-state index contributed by atoms with van der Waals surface area (Å²) in [6.07, 6.45) is 1.74. The number of sulfonamides is 1. The lowest BCUT2D eigenvalue weighted by molar-refractivity contribution is -0.121. The summed E-state index contributed by atoms with van der Waals surface area (Å²) in [6.45, 7) is 0.630. The number of amides is 1. The van der Waals surface area contributed by atoms with Crippen molar-refractivity contribution < 1.29 is 22.7 Å². The Balaban J connectivity index is 2.42. The number of benzene rings is 1. The van der Waals surface area contributed by atoms with Crippen molar-refractivity contribution in [2.45, 2.75) is 6.42 Å². The molecule has 130 valence electrons. The zero-order valence-corrected chi connectivity index (χ0v) is 14.6. The fourth-order valence-electron chi connectivity index (χ4n) is 1.91. The van der Waals surface area contributed by atoms with Gasteiger partial charge in [-0.3, -0.25) is 4.79 Å². The molecule has 0 atom stereocenters. The van der Waals surface area contributed by atoms with Crippen LogP contribution in [0.25, 0.3) is 0 Å². The molecule has 0 aliphatic carbocycles. The molecule has 0 aliphatic rings. The zero-order valence-electron chi connectivity index (χ0n) is 13.7. The van der Waals surface area contributed by atoms with Gasteiger partial charge in [0.15, 0.2) is 0 Å². The molecule has 0 aliphatic heterocycles. The molecule has 0 saturated heterocycles. The van der Waals surface area contributed by atoms with Crippen molar-refractivity contribution >= 4 is 15.9 Å². The highest BCUT2D eigenvalue weighted by molar-refractivity contribution is 7.88. The smallest absolute Gasteiger partial charge is 0.235 e. The van der Waals surface area contributed by atoms with E-state index in [4.69, 9.17) is 9.47 Å². The number of ether oxygens (including phenoxy) is 2. The lowest BCUT2D eigenvalue weighted by Crippen LogP contribution is -2.42. The minimum atomic E-state index is -3.44. The fourth-order valence-corrected chi connectivity index (χ4v) is 2.67. The van der Waals surface area contributed by atoms with E-state index >= 15 is 0 Å². The van der Waals surface area contributed by atoms with Gasteiger partial charge in [-0.1, -0.05) is 12.1 Å². The third kappa shape index (κ3) is 7.45. The molecule has 1 aromatic rings. The molecule has 1 rings (SSSR count). The van der Waals surface area contributed by atoms with Crippen molar-refractivity contribution in [2.75, 3.05) is 46.7 Å². The quantitative estimate of drug-likeness (QED) is 0.658. The normalized spacial score (nSPS) is 11.5. The van der Waals surface area contributed by atoms with Gasteiger partial charge in [0.05, 0.1) is 26.5 Å². The van der Waals surface area contributed by atoms with Gasteiger partial charge in [-0.2, -0.15) is 4.31 Å². The molecule has 1 aromatic carbocycles. The number of methoxy groups -OCH3 is 2. The summed E-state index contributed by atoms with van der Waals surface area (Å²) in [5.74, 6) is 0.444. The molecule has 1 N–H and O–H groups in total. The SMILES string of the molecule is COCCN(CC(=O)NCCc1ccc(OC)cc1)S(C)(=O)=O. The first-order valence-corrected chi connectivity index (χ1v) is 9.05. The molecule has 0 radical (unpaired) electrons. The standard InChI is InChI=1S/C15H24N2O5S/c1-21-11-10-17(23(3,19)20)12-15(18)16-9-8-13-4-6-14(22-2)7-5-13/h4-7H,8-12H2,1-3H3,(H,16,18). The van der Waals surface area contributed by atoms with E-state index in [1.165, 1.54) is 7.11 Å². The first kappa shape index (κ1) is 19.4. The van der Waals surface area contributed by atoms with Gasteiger partial charge in [0.1, 0.15) is 5.75 Å². The third-order valence-corrected chi connectivity index (χ3v) is 4.48. The summed E-state index contributed by atoms with van der Waals surface area (Å²) in [5.41, 5.74) is 1.06. The molecule has 0 heterocycles. The predicted molar refractivity (Wildman–Crippen MR) is 88.0 cm³/mol. The van der Waals surface area contributed by atoms with Gasteiger partial charge in [0.25, 0.3) is 0 Å². The maximum atomic E-state index is 11.9. The van der Waals surface area contributed by atoms with Gasteiger partial charge in [-0.05, 0) is 24.1 Å². The summed E-state index contributed by atoms with van der Waals surface area (Å²) in [6, 6.07) is 7.55. The van der Waals surface area contributed by atoms with Gasteiger partial charge < -0.3 is 14.8 Å². The van der Waals surface area contributed by atoms with Crippen LogP contribution in [0.5, 0.6) is 5.75 Å². The second-order valence-corrected chi connectivity index (χ2v) is 7.02. The van der Waals surface area contributed by atoms with Crippen LogP contribution in [0.15, 0.2) is 24.3 Å². The van der Waals surface area contributed by atoms with Crippen molar-refractivity contribution in [1.29, 1.82) is 0 Å². The van der Waals surface area contributed by atoms with Crippen LogP contribution in [0.4, 0.5) is 0 Å². The monoisotopic (exact) mass is 344 g/mol. The highest BCUT2D eigenvalue weighted by Crippen LogP contribution is 2.11. The molecule has 1 amide bonds. The zero-order chi connectivity index (χ0) is 17.3. The number of hydrogen-bond donors (Lipinski definition) is 1. The Morgan fingerprint density at radius 1 is 1.22 bits per heavy atom. The Morgan fingerprint density at radius 2 is 1.87 bits per heavy atom. The first-order chi connectivity index (χ1) is 10.9. The molecular weight excluding hydrogens is 320 g/mol. The highest BCUT2D eigenvalue weighted by atomic mass is 32.2. The average Bonchev–Trinajstić information content (AvgIpc) is 2.51. The summed E-state index contributed by atoms with van der Waals surface area (Å²) < 4.78 is 34.2. The van der Waals surface area contributed by atoms with Gasteiger partial charge in [0, 0.05) is 20.2 Å². The number of carbonyl (C=O) groups excluding carboxylic acids is 1. The minimum absolute atomic E-state index is 0.154. The number of nitrogens with one attached hydrogen (secondary N) is 1. The van der Waals surface area contributed by atoms with Gasteiger partial charge in [0.2, 0.25) is 15.9 Å². The van der Waals surface area contributed by atoms with Crippen LogP contribution < -0.4 is 10.1 Å². The lowest BCUT2D eigenvalue weighted by atomic mass is 10.1. The second-order valence-electron chi connectivity index (χ2n) is 5.04. The third-order valence-electron chi connectivity index (χ3n) is 3.23. The lowest BCUT2D eigenvalue weighted by Gasteiger charge is -2.18. The van der Waals surface area contributed by atoms with Crippen molar-refractivity contribution in [3.8, 4) is 5.75 Å². The van der Waals surface area contributed by atoms with Crippen molar-refractivity contribution in [3.63, 3.8) is 0 Å². The Morgan fingerprint density at radius 3 is 2.39 bits per heavy atom. The van der Waals surface area contributed by atoms with Gasteiger partial charge >= 0.3 is 0 Å². The van der Waals surface area contributed by atoms with E-state index in [9.17, 15) is 13.2 Å². The second kappa shape index (κ2) is 9.49. The average molecular weight is 344 g/mol. The molecule has 0 bridgehead atoms. The molecular formula is C15H24N2O5S. The summed E-state index contributed by atoms with van der Waals surface area (Å²) >= 11 is 0. The van der Waals surface area contributed by atoms with E-state index in [-0.39, 0.29) is 25.6 Å². The highest BCUT2D eigenvalue weighted by Gasteiger charge is 2.19. The molecule has 0 fully saturated rings. The van der Waals surface area contributed by atoms with Crippen LogP contribution in [0, 0.1) is 0 Å². The molecule has 7 nitrogen and oxygen atoms in total. The molecule has 0 spiro atoms. The largest absolute Gasteiger partial charge is 0.497 e. The molecule has 23 heavy (non-hydrogen) atoms. The first-order valence-electron chi connectivity index (χ1n) is 7.20. The van der Waals surface area contributed by atoms with Crippen LogP contribution in [-0.2, 0) is 26.0 Å². The molecule has 0 unspecified atom stereocenters. The molecule has 0 aromatic heterocycles. The van der Waals surface area contributed by atoms with E-state index in [1.807, 2.05) is 24.3 Å². The molecule has 8 heteroatoms. The van der Waals surface area contributed by atoms with Crippen LogP contribution >= 0.6 is 0 Å². The van der Waals surface area contributed by atoms with Crippen molar-refractivity contribution in [3.05, 3.63) is 29.8 Å². The van der Waals surface area contributed by atoms with E-state index in [2.05, 4.69) is 5.32 Å². The number of carbonyl (C=O) groups is 1. The van der Waals surface area contributed by atoms with Crippen LogP contribution in [0.2, 0.25) is 0 Å². The summed E-state index contributed by atoms with van der Waals surface area (Å²) in [5, 5.41) is 2.72. The Hall–Kier alpha value is -1.64. The van der Waals surface area contributed by atoms with E-state index in [1.54, 1.807) is 7.11 Å². The fraction of sp³-hybridized carbons (Fsp3) is 0.533. The maximum absolute atomic E-state index is 11.9. The van der Waals surface area contributed by atoms with Crippen LogP contribution in [0.3, 0.4) is 0 Å². The summed E-state index contributed by atoms with van der Waals surface area (Å²) in [4.78, 5) is 11.9. The molecule has 0 saturated carbocycles. The van der Waals surface area contributed by atoms with Crippen molar-refractivity contribution in [2.24, 2.45) is 0 Å². The Kier molecular flexibility index (Phi) is 8.01. The maximum Gasteiger partial charge on any atom is 0.235 e. The number of rotatable bonds is 10. The van der Waals surface area contributed by atoms with Crippen LogP contribution in [0.1, 0.15) is 5.56 Å². The summed E-state index contributed by atoms with van der Waals surface area (Å²) in [7, 11) is -0.353. The topological polar surface area (TPSA) is 84.9 Å². The Bertz CT molecular complexity index is 586. The number of hydrogen-bond acceptors (Lipinski definition) is 5. The van der Waals surface area contributed by atoms with E-state index < -0.39 is 10.0 Å². The predicted octanol–water partition coefficient (Wildman–Crippen LogP) is 0.262. The van der Waals surface area contributed by atoms with E-state index in [0.717, 1.165) is 21.9 Å². The van der Waals surface area contributed by atoms with Crippen LogP contribution in [-0.4, -0.2) is 65.3 Å². The minimum Gasteiger partial charge on any atom is -0.497 e. The Labute approximate surface area is 137 Å². The van der Waals surface area contributed by atoms with Crippen molar-refractivity contribution in [1.82, 2.24) is 9.62 Å².